The van der Waals surface area contributed by atoms with Gasteiger partial charge in [-0.3, -0.25) is 9.48 Å². The van der Waals surface area contributed by atoms with Gasteiger partial charge >= 0.3 is 0 Å². The molecular formula is C15H24N4O4S. The van der Waals surface area contributed by atoms with Crippen molar-refractivity contribution in [1.82, 2.24) is 19.0 Å². The van der Waals surface area contributed by atoms with E-state index in [9.17, 15) is 13.2 Å². The highest BCUT2D eigenvalue weighted by atomic mass is 32.2. The molecule has 8 nitrogen and oxygen atoms in total. The van der Waals surface area contributed by atoms with E-state index in [1.165, 1.54) is 10.6 Å². The minimum atomic E-state index is -3.25. The molecule has 9 heteroatoms. The number of rotatable bonds is 4. The summed E-state index contributed by atoms with van der Waals surface area (Å²) in [5.41, 5.74) is 0.216. The number of hydrogen-bond donors (Lipinski definition) is 0. The Labute approximate surface area is 142 Å². The fourth-order valence-electron chi connectivity index (χ4n) is 3.89. The molecule has 1 aromatic rings. The van der Waals surface area contributed by atoms with Crippen molar-refractivity contribution in [2.45, 2.75) is 6.42 Å². The molecule has 2 fully saturated rings. The minimum Gasteiger partial charge on any atom is -0.384 e. The van der Waals surface area contributed by atoms with E-state index in [0.29, 0.717) is 38.5 Å². The van der Waals surface area contributed by atoms with Crippen LogP contribution in [0, 0.1) is 11.3 Å². The van der Waals surface area contributed by atoms with Crippen LogP contribution < -0.4 is 0 Å². The average molecular weight is 356 g/mol. The van der Waals surface area contributed by atoms with Crippen molar-refractivity contribution in [2.75, 3.05) is 46.2 Å². The Morgan fingerprint density at radius 1 is 1.46 bits per heavy atom. The number of sulfonamides is 1. The molecule has 2 aliphatic rings. The molecule has 134 valence electrons. The largest absolute Gasteiger partial charge is 0.384 e. The van der Waals surface area contributed by atoms with Crippen molar-refractivity contribution in [3.8, 4) is 0 Å². The van der Waals surface area contributed by atoms with Crippen LogP contribution in [-0.2, 0) is 21.8 Å². The van der Waals surface area contributed by atoms with E-state index in [1.54, 1.807) is 36.0 Å². The van der Waals surface area contributed by atoms with E-state index in [1.807, 2.05) is 0 Å². The summed E-state index contributed by atoms with van der Waals surface area (Å²) in [5, 5.41) is 4.17. The van der Waals surface area contributed by atoms with Crippen LogP contribution in [0.25, 0.3) is 0 Å². The number of aromatic nitrogens is 2. The monoisotopic (exact) mass is 356 g/mol. The zero-order valence-corrected chi connectivity index (χ0v) is 15.1. The van der Waals surface area contributed by atoms with Gasteiger partial charge in [-0.1, -0.05) is 0 Å². The first kappa shape index (κ1) is 17.4. The fraction of sp³-hybridized carbons (Fsp3) is 0.733. The first-order valence-electron chi connectivity index (χ1n) is 7.98. The topological polar surface area (TPSA) is 84.7 Å². The maximum atomic E-state index is 12.6. The summed E-state index contributed by atoms with van der Waals surface area (Å²) < 4.78 is 32.4. The molecule has 3 heterocycles. The van der Waals surface area contributed by atoms with Gasteiger partial charge in [-0.2, -0.15) is 5.10 Å². The third kappa shape index (κ3) is 3.07. The molecule has 0 radical (unpaired) electrons. The van der Waals surface area contributed by atoms with Gasteiger partial charge in [-0.25, -0.2) is 12.7 Å². The second kappa shape index (κ2) is 6.12. The molecule has 2 saturated heterocycles. The first-order chi connectivity index (χ1) is 11.2. The van der Waals surface area contributed by atoms with Crippen LogP contribution in [0.15, 0.2) is 12.3 Å². The zero-order chi connectivity index (χ0) is 17.5. The number of carbonyl (C=O) groups is 1. The summed E-state index contributed by atoms with van der Waals surface area (Å²) >= 11 is 0. The maximum Gasteiger partial charge on any atom is 0.274 e. The molecular weight excluding hydrogens is 332 g/mol. The maximum absolute atomic E-state index is 12.6. The number of carbonyl (C=O) groups excluding carboxylic acids is 1. The number of ether oxygens (including phenoxy) is 1. The molecule has 0 bridgehead atoms. The van der Waals surface area contributed by atoms with Crippen molar-refractivity contribution in [2.24, 2.45) is 18.4 Å². The van der Waals surface area contributed by atoms with Crippen LogP contribution in [-0.4, -0.2) is 79.5 Å². The summed E-state index contributed by atoms with van der Waals surface area (Å²) in [6, 6.07) is 1.71. The van der Waals surface area contributed by atoms with Crippen LogP contribution in [0.2, 0.25) is 0 Å². The second-order valence-corrected chi connectivity index (χ2v) is 8.91. The SMILES string of the molecule is COC[C@@]12CCN(C(=O)c3ccn(C)n3)C[C@@H]1CN(S(C)(=O)=O)C2. The highest BCUT2D eigenvalue weighted by Gasteiger charge is 2.52. The number of nitrogens with zero attached hydrogens (tertiary/aromatic N) is 4. The molecule has 0 aliphatic carbocycles. The van der Waals surface area contributed by atoms with Gasteiger partial charge in [0.05, 0.1) is 12.9 Å². The van der Waals surface area contributed by atoms with Crippen LogP contribution in [0.3, 0.4) is 0 Å². The Morgan fingerprint density at radius 2 is 2.21 bits per heavy atom. The molecule has 0 unspecified atom stereocenters. The predicted octanol–water partition coefficient (Wildman–Crippen LogP) is -0.210. The third-order valence-corrected chi connectivity index (χ3v) is 6.44. The Kier molecular flexibility index (Phi) is 4.43. The van der Waals surface area contributed by atoms with E-state index in [0.717, 1.165) is 6.42 Å². The highest BCUT2D eigenvalue weighted by molar-refractivity contribution is 7.88. The number of aryl methyl sites for hydroxylation is 1. The number of piperidine rings is 1. The molecule has 2 aliphatic heterocycles. The normalized spacial score (nSPS) is 28.1. The van der Waals surface area contributed by atoms with E-state index >= 15 is 0 Å². The van der Waals surface area contributed by atoms with Gasteiger partial charge in [0.25, 0.3) is 5.91 Å². The quantitative estimate of drug-likeness (QED) is 0.745. The van der Waals surface area contributed by atoms with Gasteiger partial charge in [0, 0.05) is 51.9 Å². The summed E-state index contributed by atoms with van der Waals surface area (Å²) in [6.07, 6.45) is 3.71. The third-order valence-electron chi connectivity index (χ3n) is 5.22. The van der Waals surface area contributed by atoms with E-state index < -0.39 is 10.0 Å². The van der Waals surface area contributed by atoms with Crippen LogP contribution >= 0.6 is 0 Å². The number of methoxy groups -OCH3 is 1. The fourth-order valence-corrected chi connectivity index (χ4v) is 4.83. The highest BCUT2D eigenvalue weighted by Crippen LogP contribution is 2.44. The van der Waals surface area contributed by atoms with Gasteiger partial charge in [0.1, 0.15) is 5.69 Å². The van der Waals surface area contributed by atoms with Crippen LogP contribution in [0.1, 0.15) is 16.9 Å². The van der Waals surface area contributed by atoms with Crippen molar-refractivity contribution >= 4 is 15.9 Å². The average Bonchev–Trinajstić information content (AvgIpc) is 3.09. The van der Waals surface area contributed by atoms with E-state index in [4.69, 9.17) is 4.74 Å². The molecule has 3 rings (SSSR count). The van der Waals surface area contributed by atoms with Gasteiger partial charge in [0.15, 0.2) is 0 Å². The predicted molar refractivity (Wildman–Crippen MR) is 87.9 cm³/mol. The lowest BCUT2D eigenvalue weighted by molar-refractivity contribution is 0.00320. The van der Waals surface area contributed by atoms with Crippen molar-refractivity contribution in [3.63, 3.8) is 0 Å². The summed E-state index contributed by atoms with van der Waals surface area (Å²) in [7, 11) is 0.169. The molecule has 2 atom stereocenters. The summed E-state index contributed by atoms with van der Waals surface area (Å²) in [4.78, 5) is 14.4. The standard InChI is InChI=1S/C15H24N4O4S/c1-17-6-4-13(16-17)14(20)18-7-5-15(11-23-2)10-19(24(3,21)22)9-12(15)8-18/h4,6,12H,5,7-11H2,1-3H3/t12-,15+/m1/s1. The lowest BCUT2D eigenvalue weighted by Crippen LogP contribution is -2.51. The van der Waals surface area contributed by atoms with Gasteiger partial charge < -0.3 is 9.64 Å². The molecule has 24 heavy (non-hydrogen) atoms. The number of hydrogen-bond acceptors (Lipinski definition) is 5. The molecule has 0 saturated carbocycles. The molecule has 0 spiro atoms. The smallest absolute Gasteiger partial charge is 0.274 e. The van der Waals surface area contributed by atoms with Crippen LogP contribution in [0.4, 0.5) is 0 Å². The number of likely N-dealkylation sites (tertiary alicyclic amines) is 1. The van der Waals surface area contributed by atoms with E-state index in [-0.39, 0.29) is 17.2 Å². The van der Waals surface area contributed by atoms with Gasteiger partial charge in [-0.15, -0.1) is 0 Å². The Morgan fingerprint density at radius 3 is 2.79 bits per heavy atom. The molecule has 0 aromatic carbocycles. The molecule has 1 aromatic heterocycles. The lowest BCUT2D eigenvalue weighted by atomic mass is 9.73. The Bertz CT molecular complexity index is 732. The summed E-state index contributed by atoms with van der Waals surface area (Å²) in [6.45, 7) is 2.54. The molecule has 0 N–H and O–H groups in total. The van der Waals surface area contributed by atoms with E-state index in [2.05, 4.69) is 5.10 Å². The minimum absolute atomic E-state index is 0.0774. The number of amides is 1. The summed E-state index contributed by atoms with van der Waals surface area (Å²) in [5.74, 6) is -0.0204. The van der Waals surface area contributed by atoms with Gasteiger partial charge in [-0.05, 0) is 18.4 Å². The van der Waals surface area contributed by atoms with Crippen molar-refractivity contribution in [1.29, 1.82) is 0 Å². The van der Waals surface area contributed by atoms with Crippen molar-refractivity contribution in [3.05, 3.63) is 18.0 Å². The first-order valence-corrected chi connectivity index (χ1v) is 9.83. The Hall–Kier alpha value is -1.45. The van der Waals surface area contributed by atoms with Crippen molar-refractivity contribution < 1.29 is 17.9 Å². The second-order valence-electron chi connectivity index (χ2n) is 6.92. The lowest BCUT2D eigenvalue weighted by Gasteiger charge is -2.42. The van der Waals surface area contributed by atoms with Crippen LogP contribution in [0.5, 0.6) is 0 Å². The Balaban J connectivity index is 1.79. The zero-order valence-electron chi connectivity index (χ0n) is 14.3. The molecule has 1 amide bonds. The number of fused-ring (bicyclic) bond motifs is 1. The van der Waals surface area contributed by atoms with Gasteiger partial charge in [0.2, 0.25) is 10.0 Å².